The number of aromatic hydroxyl groups is 1. The van der Waals surface area contributed by atoms with Crippen molar-refractivity contribution in [3.05, 3.63) is 42.4 Å². The van der Waals surface area contributed by atoms with Crippen molar-refractivity contribution in [1.29, 1.82) is 0 Å². The maximum atomic E-state index is 10.1. The summed E-state index contributed by atoms with van der Waals surface area (Å²) in [6, 6.07) is 7.09. The van der Waals surface area contributed by atoms with Gasteiger partial charge in [0.05, 0.1) is 5.69 Å². The first-order chi connectivity index (χ1) is 7.83. The Labute approximate surface area is 92.2 Å². The van der Waals surface area contributed by atoms with Gasteiger partial charge in [0.1, 0.15) is 5.75 Å². The van der Waals surface area contributed by atoms with E-state index in [1.54, 1.807) is 24.4 Å². The normalized spacial score (nSPS) is 10.8. The number of pyridine rings is 1. The van der Waals surface area contributed by atoms with Gasteiger partial charge < -0.3 is 10.4 Å². The fraction of sp³-hybridized carbons (Fsp3) is 0. The highest BCUT2D eigenvalue weighted by atomic mass is 16.3. The Balaban J connectivity index is 2.56. The number of nitrogens with zero attached hydrogens (tertiary/aromatic N) is 1. The summed E-state index contributed by atoms with van der Waals surface area (Å²) in [5, 5.41) is 13.7. The maximum absolute atomic E-state index is 10.1. The molecule has 1 heterocycles. The number of carbonyl (C=O) groups is 1. The molecule has 0 atom stereocenters. The predicted molar refractivity (Wildman–Crippen MR) is 61.6 cm³/mol. The van der Waals surface area contributed by atoms with Gasteiger partial charge in [-0.15, -0.1) is 0 Å². The largest absolute Gasteiger partial charge is 0.507 e. The van der Waals surface area contributed by atoms with Crippen LogP contribution in [0, 0.1) is 0 Å². The molecule has 0 unspecified atom stereocenters. The smallest absolute Gasteiger partial charge is 0.211 e. The Hall–Kier alpha value is -2.36. The Morgan fingerprint density at radius 2 is 2.19 bits per heavy atom. The number of nitrogens with one attached hydrogen (secondary N) is 1. The van der Waals surface area contributed by atoms with Crippen LogP contribution in [-0.4, -0.2) is 16.5 Å². The van der Waals surface area contributed by atoms with Crippen molar-refractivity contribution in [2.24, 2.45) is 0 Å². The van der Waals surface area contributed by atoms with Crippen molar-refractivity contribution in [3.63, 3.8) is 0 Å². The second-order valence-electron chi connectivity index (χ2n) is 3.19. The van der Waals surface area contributed by atoms with Gasteiger partial charge in [0.25, 0.3) is 0 Å². The molecule has 2 aromatic rings. The van der Waals surface area contributed by atoms with Crippen LogP contribution in [0.3, 0.4) is 0 Å². The van der Waals surface area contributed by atoms with Crippen LogP contribution in [0.25, 0.3) is 16.8 Å². The molecule has 0 radical (unpaired) electrons. The first-order valence-corrected chi connectivity index (χ1v) is 4.76. The number of phenols is 1. The molecule has 4 nitrogen and oxygen atoms in total. The average Bonchev–Trinajstić information content (AvgIpc) is 2.30. The molecule has 2 N–H and O–H groups in total. The number of fused-ring (bicyclic) bond motifs is 1. The predicted octanol–water partition coefficient (Wildman–Crippen LogP) is 1.66. The van der Waals surface area contributed by atoms with Crippen molar-refractivity contribution in [2.45, 2.75) is 0 Å². The topological polar surface area (TPSA) is 62.2 Å². The molecule has 0 aliphatic rings. The van der Waals surface area contributed by atoms with Crippen LogP contribution < -0.4 is 5.32 Å². The quantitative estimate of drug-likeness (QED) is 0.764. The lowest BCUT2D eigenvalue weighted by Crippen LogP contribution is -1.98. The molecule has 1 aromatic heterocycles. The third-order valence-corrected chi connectivity index (χ3v) is 2.20. The number of amides is 1. The van der Waals surface area contributed by atoms with E-state index in [2.05, 4.69) is 10.3 Å². The molecular weight excluding hydrogens is 204 g/mol. The van der Waals surface area contributed by atoms with Gasteiger partial charge >= 0.3 is 0 Å². The number of carbonyl (C=O) groups excluding carboxylic acids is 1. The average molecular weight is 214 g/mol. The minimum absolute atomic E-state index is 0.177. The molecule has 0 fully saturated rings. The molecule has 16 heavy (non-hydrogen) atoms. The molecule has 1 amide bonds. The van der Waals surface area contributed by atoms with E-state index in [1.807, 2.05) is 12.1 Å². The summed E-state index contributed by atoms with van der Waals surface area (Å²) in [6.45, 7) is 0. The summed E-state index contributed by atoms with van der Waals surface area (Å²) >= 11 is 0. The first-order valence-electron chi connectivity index (χ1n) is 4.76. The van der Waals surface area contributed by atoms with E-state index < -0.39 is 0 Å². The van der Waals surface area contributed by atoms with Crippen LogP contribution in [-0.2, 0) is 4.79 Å². The highest BCUT2D eigenvalue weighted by molar-refractivity contribution is 5.93. The summed E-state index contributed by atoms with van der Waals surface area (Å²) in [4.78, 5) is 14.2. The van der Waals surface area contributed by atoms with E-state index in [-0.39, 0.29) is 5.75 Å². The molecule has 0 saturated heterocycles. The van der Waals surface area contributed by atoms with Gasteiger partial charge in [-0.05, 0) is 23.6 Å². The van der Waals surface area contributed by atoms with Crippen LogP contribution in [0.5, 0.6) is 5.75 Å². The van der Waals surface area contributed by atoms with Crippen molar-refractivity contribution < 1.29 is 9.90 Å². The van der Waals surface area contributed by atoms with E-state index in [0.29, 0.717) is 17.5 Å². The lowest BCUT2D eigenvalue weighted by atomic mass is 10.1. The first kappa shape index (κ1) is 10.2. The molecule has 2 rings (SSSR count). The number of hydrogen-bond acceptors (Lipinski definition) is 3. The Bertz CT molecular complexity index is 544. The van der Waals surface area contributed by atoms with Crippen LogP contribution in [0.4, 0.5) is 0 Å². The van der Waals surface area contributed by atoms with Gasteiger partial charge in [0.2, 0.25) is 6.41 Å². The highest BCUT2D eigenvalue weighted by Crippen LogP contribution is 2.26. The van der Waals surface area contributed by atoms with E-state index in [4.69, 9.17) is 0 Å². The zero-order valence-electron chi connectivity index (χ0n) is 8.42. The minimum Gasteiger partial charge on any atom is -0.507 e. The lowest BCUT2D eigenvalue weighted by Gasteiger charge is -2.03. The van der Waals surface area contributed by atoms with Crippen molar-refractivity contribution in [3.8, 4) is 5.75 Å². The summed E-state index contributed by atoms with van der Waals surface area (Å²) < 4.78 is 0. The summed E-state index contributed by atoms with van der Waals surface area (Å²) in [6.07, 6.45) is 5.33. The standard InChI is InChI=1S/C12H10N2O2/c15-8-13-6-5-10-12-9(4-7-14-10)2-1-3-11(12)16/h1-8,16H,(H,13,15). The molecule has 0 spiro atoms. The molecule has 0 aliphatic carbocycles. The Morgan fingerprint density at radius 1 is 1.31 bits per heavy atom. The zero-order chi connectivity index (χ0) is 11.4. The second kappa shape index (κ2) is 4.44. The second-order valence-corrected chi connectivity index (χ2v) is 3.19. The van der Waals surface area contributed by atoms with Crippen LogP contribution in [0.15, 0.2) is 36.7 Å². The molecule has 80 valence electrons. The van der Waals surface area contributed by atoms with Crippen molar-refractivity contribution >= 4 is 23.3 Å². The van der Waals surface area contributed by atoms with Crippen molar-refractivity contribution in [1.82, 2.24) is 10.3 Å². The van der Waals surface area contributed by atoms with E-state index in [1.165, 1.54) is 6.20 Å². The minimum atomic E-state index is 0.177. The number of phenolic OH excluding ortho intramolecular Hbond substituents is 1. The third-order valence-electron chi connectivity index (χ3n) is 2.20. The van der Waals surface area contributed by atoms with Gasteiger partial charge in [-0.2, -0.15) is 0 Å². The van der Waals surface area contributed by atoms with E-state index in [9.17, 15) is 9.90 Å². The summed E-state index contributed by atoms with van der Waals surface area (Å²) in [7, 11) is 0. The van der Waals surface area contributed by atoms with Gasteiger partial charge in [0.15, 0.2) is 0 Å². The van der Waals surface area contributed by atoms with Crippen molar-refractivity contribution in [2.75, 3.05) is 0 Å². The lowest BCUT2D eigenvalue weighted by molar-refractivity contribution is -0.108. The van der Waals surface area contributed by atoms with E-state index in [0.717, 1.165) is 5.39 Å². The maximum Gasteiger partial charge on any atom is 0.211 e. The third kappa shape index (κ3) is 1.86. The Kier molecular flexibility index (Phi) is 2.82. The molecule has 0 bridgehead atoms. The molecule has 1 aromatic carbocycles. The monoisotopic (exact) mass is 214 g/mol. The fourth-order valence-electron chi connectivity index (χ4n) is 1.53. The zero-order valence-corrected chi connectivity index (χ0v) is 8.42. The highest BCUT2D eigenvalue weighted by Gasteiger charge is 2.03. The van der Waals surface area contributed by atoms with Crippen LogP contribution >= 0.6 is 0 Å². The van der Waals surface area contributed by atoms with Gasteiger partial charge in [-0.1, -0.05) is 12.1 Å². The molecule has 0 aliphatic heterocycles. The number of rotatable bonds is 3. The van der Waals surface area contributed by atoms with Crippen LogP contribution in [0.1, 0.15) is 5.69 Å². The molecule has 0 saturated carbocycles. The summed E-state index contributed by atoms with van der Waals surface area (Å²) in [5.41, 5.74) is 0.616. The fourth-order valence-corrected chi connectivity index (χ4v) is 1.53. The van der Waals surface area contributed by atoms with Crippen LogP contribution in [0.2, 0.25) is 0 Å². The van der Waals surface area contributed by atoms with Gasteiger partial charge in [0, 0.05) is 17.8 Å². The Morgan fingerprint density at radius 3 is 3.00 bits per heavy atom. The summed E-state index contributed by atoms with van der Waals surface area (Å²) in [5.74, 6) is 0.177. The number of benzene rings is 1. The SMILES string of the molecule is O=CNC=Cc1nccc2cccc(O)c12. The molecular formula is C12H10N2O2. The van der Waals surface area contributed by atoms with E-state index >= 15 is 0 Å². The van der Waals surface area contributed by atoms with Gasteiger partial charge in [-0.3, -0.25) is 9.78 Å². The number of hydrogen-bond donors (Lipinski definition) is 2. The molecule has 4 heteroatoms. The number of aromatic nitrogens is 1. The van der Waals surface area contributed by atoms with Gasteiger partial charge in [-0.25, -0.2) is 0 Å².